The summed E-state index contributed by atoms with van der Waals surface area (Å²) < 4.78 is 0. The fourth-order valence-electron chi connectivity index (χ4n) is 2.66. The van der Waals surface area contributed by atoms with Crippen molar-refractivity contribution in [2.75, 3.05) is 0 Å². The summed E-state index contributed by atoms with van der Waals surface area (Å²) in [6.45, 7) is 4.45. The Morgan fingerprint density at radius 2 is 2.38 bits per heavy atom. The monoisotopic (exact) mass is 237 g/mol. The zero-order chi connectivity index (χ0) is 11.6. The standard InChI is InChI=1S/C13H19NOS/c1-10(2)8-13(6-5-12(15)14-13)9-11-4-3-7-16-11/h3-4,7,10H,5-6,8-9H2,1-2H3,(H,14,15). The van der Waals surface area contributed by atoms with E-state index in [0.717, 1.165) is 19.3 Å². The van der Waals surface area contributed by atoms with E-state index < -0.39 is 0 Å². The van der Waals surface area contributed by atoms with Crippen molar-refractivity contribution in [2.45, 2.75) is 45.1 Å². The van der Waals surface area contributed by atoms with Gasteiger partial charge in [-0.05, 0) is 30.2 Å². The Kier molecular flexibility index (Phi) is 3.33. The molecule has 1 saturated heterocycles. The van der Waals surface area contributed by atoms with Crippen LogP contribution in [0.25, 0.3) is 0 Å². The molecule has 3 heteroatoms. The molecule has 0 bridgehead atoms. The Bertz CT molecular complexity index is 358. The van der Waals surface area contributed by atoms with E-state index in [1.807, 2.05) is 0 Å². The average molecular weight is 237 g/mol. The van der Waals surface area contributed by atoms with Gasteiger partial charge in [0.1, 0.15) is 0 Å². The minimum absolute atomic E-state index is 0.0239. The van der Waals surface area contributed by atoms with Gasteiger partial charge >= 0.3 is 0 Å². The molecule has 1 atom stereocenters. The second kappa shape index (κ2) is 4.58. The highest BCUT2D eigenvalue weighted by Crippen LogP contribution is 2.32. The Balaban J connectivity index is 2.11. The number of rotatable bonds is 4. The molecule has 1 fully saturated rings. The molecule has 0 aliphatic carbocycles. The highest BCUT2D eigenvalue weighted by Gasteiger charge is 2.38. The van der Waals surface area contributed by atoms with Gasteiger partial charge in [-0.1, -0.05) is 19.9 Å². The maximum atomic E-state index is 11.5. The lowest BCUT2D eigenvalue weighted by atomic mass is 9.84. The van der Waals surface area contributed by atoms with E-state index in [4.69, 9.17) is 0 Å². The Morgan fingerprint density at radius 1 is 1.56 bits per heavy atom. The Labute approximate surface area is 101 Å². The molecular weight excluding hydrogens is 218 g/mol. The summed E-state index contributed by atoms with van der Waals surface area (Å²) in [5.41, 5.74) is 0.0239. The number of thiophene rings is 1. The van der Waals surface area contributed by atoms with E-state index in [1.165, 1.54) is 4.88 Å². The van der Waals surface area contributed by atoms with Crippen LogP contribution in [0.15, 0.2) is 17.5 Å². The molecule has 1 unspecified atom stereocenters. The number of nitrogens with one attached hydrogen (secondary N) is 1. The maximum absolute atomic E-state index is 11.5. The van der Waals surface area contributed by atoms with Crippen LogP contribution in [-0.2, 0) is 11.2 Å². The van der Waals surface area contributed by atoms with Crippen molar-refractivity contribution in [3.63, 3.8) is 0 Å². The smallest absolute Gasteiger partial charge is 0.220 e. The van der Waals surface area contributed by atoms with Crippen molar-refractivity contribution >= 4 is 17.2 Å². The van der Waals surface area contributed by atoms with Crippen LogP contribution in [0.5, 0.6) is 0 Å². The molecule has 0 radical (unpaired) electrons. The van der Waals surface area contributed by atoms with Crippen LogP contribution < -0.4 is 5.32 Å². The van der Waals surface area contributed by atoms with Gasteiger partial charge in [-0.2, -0.15) is 0 Å². The number of amides is 1. The average Bonchev–Trinajstić information content (AvgIpc) is 2.76. The van der Waals surface area contributed by atoms with Crippen LogP contribution in [0.2, 0.25) is 0 Å². The Morgan fingerprint density at radius 3 is 2.88 bits per heavy atom. The molecule has 1 aliphatic heterocycles. The van der Waals surface area contributed by atoms with Gasteiger partial charge in [-0.15, -0.1) is 11.3 Å². The largest absolute Gasteiger partial charge is 0.350 e. The lowest BCUT2D eigenvalue weighted by Crippen LogP contribution is -2.44. The first-order chi connectivity index (χ1) is 7.60. The number of hydrogen-bond acceptors (Lipinski definition) is 2. The molecule has 0 saturated carbocycles. The van der Waals surface area contributed by atoms with Crippen molar-refractivity contribution in [3.8, 4) is 0 Å². The summed E-state index contributed by atoms with van der Waals surface area (Å²) in [6, 6.07) is 4.25. The Hall–Kier alpha value is -0.830. The van der Waals surface area contributed by atoms with E-state index in [1.54, 1.807) is 11.3 Å². The van der Waals surface area contributed by atoms with E-state index in [2.05, 4.69) is 36.7 Å². The van der Waals surface area contributed by atoms with Crippen LogP contribution in [-0.4, -0.2) is 11.4 Å². The normalized spacial score (nSPS) is 25.1. The van der Waals surface area contributed by atoms with Crippen LogP contribution in [0, 0.1) is 5.92 Å². The third kappa shape index (κ3) is 2.64. The highest BCUT2D eigenvalue weighted by molar-refractivity contribution is 7.09. The molecule has 88 valence electrons. The predicted molar refractivity (Wildman–Crippen MR) is 67.6 cm³/mol. The molecule has 0 spiro atoms. The molecular formula is C13H19NOS. The van der Waals surface area contributed by atoms with Gasteiger partial charge < -0.3 is 5.32 Å². The molecule has 1 aromatic heterocycles. The SMILES string of the molecule is CC(C)CC1(Cc2cccs2)CCC(=O)N1. The molecule has 0 aromatic carbocycles. The van der Waals surface area contributed by atoms with Gasteiger partial charge in [0.25, 0.3) is 0 Å². The highest BCUT2D eigenvalue weighted by atomic mass is 32.1. The van der Waals surface area contributed by atoms with Crippen molar-refractivity contribution in [1.29, 1.82) is 0 Å². The molecule has 1 aliphatic rings. The third-order valence-electron chi connectivity index (χ3n) is 3.13. The summed E-state index contributed by atoms with van der Waals surface area (Å²) in [6.07, 6.45) is 3.76. The second-order valence-corrected chi connectivity index (χ2v) is 6.21. The van der Waals surface area contributed by atoms with Crippen molar-refractivity contribution in [2.24, 2.45) is 5.92 Å². The summed E-state index contributed by atoms with van der Waals surface area (Å²) in [7, 11) is 0. The molecule has 1 aromatic rings. The first kappa shape index (κ1) is 11.6. The van der Waals surface area contributed by atoms with Crippen LogP contribution in [0.4, 0.5) is 0 Å². The lowest BCUT2D eigenvalue weighted by molar-refractivity contribution is -0.119. The quantitative estimate of drug-likeness (QED) is 0.857. The van der Waals surface area contributed by atoms with Crippen LogP contribution in [0.1, 0.15) is 38.0 Å². The zero-order valence-electron chi connectivity index (χ0n) is 9.95. The minimum Gasteiger partial charge on any atom is -0.350 e. The first-order valence-electron chi connectivity index (χ1n) is 5.93. The number of hydrogen-bond donors (Lipinski definition) is 1. The minimum atomic E-state index is 0.0239. The summed E-state index contributed by atoms with van der Waals surface area (Å²) >= 11 is 1.79. The topological polar surface area (TPSA) is 29.1 Å². The predicted octanol–water partition coefficient (Wildman–Crippen LogP) is 2.99. The van der Waals surface area contributed by atoms with Gasteiger partial charge in [0.05, 0.1) is 0 Å². The third-order valence-corrected chi connectivity index (χ3v) is 4.00. The van der Waals surface area contributed by atoms with Gasteiger partial charge in [-0.3, -0.25) is 4.79 Å². The molecule has 16 heavy (non-hydrogen) atoms. The van der Waals surface area contributed by atoms with Crippen LogP contribution in [0.3, 0.4) is 0 Å². The summed E-state index contributed by atoms with van der Waals surface area (Å²) in [5.74, 6) is 0.843. The summed E-state index contributed by atoms with van der Waals surface area (Å²) in [5, 5.41) is 5.31. The van der Waals surface area contributed by atoms with E-state index in [9.17, 15) is 4.79 Å². The van der Waals surface area contributed by atoms with Crippen LogP contribution >= 0.6 is 11.3 Å². The maximum Gasteiger partial charge on any atom is 0.220 e. The second-order valence-electron chi connectivity index (χ2n) is 5.18. The lowest BCUT2D eigenvalue weighted by Gasteiger charge is -2.30. The fraction of sp³-hybridized carbons (Fsp3) is 0.615. The van der Waals surface area contributed by atoms with Crippen molar-refractivity contribution < 1.29 is 4.79 Å². The van der Waals surface area contributed by atoms with Gasteiger partial charge in [0.2, 0.25) is 5.91 Å². The van der Waals surface area contributed by atoms with Gasteiger partial charge in [0.15, 0.2) is 0 Å². The molecule has 2 nitrogen and oxygen atoms in total. The first-order valence-corrected chi connectivity index (χ1v) is 6.81. The molecule has 1 N–H and O–H groups in total. The van der Waals surface area contributed by atoms with E-state index in [0.29, 0.717) is 12.3 Å². The molecule has 2 rings (SSSR count). The zero-order valence-corrected chi connectivity index (χ0v) is 10.8. The van der Waals surface area contributed by atoms with Gasteiger partial charge in [-0.25, -0.2) is 0 Å². The molecule has 1 amide bonds. The van der Waals surface area contributed by atoms with E-state index >= 15 is 0 Å². The number of carbonyl (C=O) groups excluding carboxylic acids is 1. The van der Waals surface area contributed by atoms with Crippen molar-refractivity contribution in [1.82, 2.24) is 5.32 Å². The van der Waals surface area contributed by atoms with Gasteiger partial charge in [0, 0.05) is 23.3 Å². The molecule has 2 heterocycles. The fourth-order valence-corrected chi connectivity index (χ4v) is 3.51. The van der Waals surface area contributed by atoms with Crippen molar-refractivity contribution in [3.05, 3.63) is 22.4 Å². The summed E-state index contributed by atoms with van der Waals surface area (Å²) in [4.78, 5) is 12.8. The van der Waals surface area contributed by atoms with E-state index in [-0.39, 0.29) is 11.4 Å². The number of carbonyl (C=O) groups is 1.